The first-order valence-corrected chi connectivity index (χ1v) is 5.33. The Morgan fingerprint density at radius 1 is 1.20 bits per heavy atom. The molecule has 3 nitrogen and oxygen atoms in total. The molecule has 1 aliphatic heterocycles. The van der Waals surface area contributed by atoms with E-state index in [2.05, 4.69) is 15.3 Å². The molecule has 3 rings (SSSR count). The summed E-state index contributed by atoms with van der Waals surface area (Å²) in [5.41, 5.74) is 1.34. The molecule has 1 fully saturated rings. The van der Waals surface area contributed by atoms with Crippen molar-refractivity contribution in [2.24, 2.45) is 0 Å². The summed E-state index contributed by atoms with van der Waals surface area (Å²) >= 11 is 0. The third-order valence-corrected chi connectivity index (χ3v) is 3.09. The molecule has 0 amide bonds. The maximum absolute atomic E-state index is 4.30. The van der Waals surface area contributed by atoms with Gasteiger partial charge in [0.25, 0.3) is 0 Å². The molecular formula is C12H13N3. The molecule has 0 saturated carbocycles. The van der Waals surface area contributed by atoms with Crippen molar-refractivity contribution in [3.05, 3.63) is 36.4 Å². The van der Waals surface area contributed by atoms with Crippen LogP contribution in [0.25, 0.3) is 10.8 Å². The summed E-state index contributed by atoms with van der Waals surface area (Å²) in [7, 11) is 0. The van der Waals surface area contributed by atoms with Crippen LogP contribution in [0.15, 0.2) is 30.9 Å². The lowest BCUT2D eigenvalue weighted by Gasteiger charge is -2.10. The van der Waals surface area contributed by atoms with Crippen LogP contribution in [0.1, 0.15) is 17.9 Å². The Bertz CT molecular complexity index is 470. The predicted octanol–water partition coefficient (Wildman–Crippen LogP) is 1.71. The lowest BCUT2D eigenvalue weighted by atomic mass is 9.96. The molecule has 1 atom stereocenters. The summed E-state index contributed by atoms with van der Waals surface area (Å²) in [6.45, 7) is 2.18. The monoisotopic (exact) mass is 199 g/mol. The Morgan fingerprint density at radius 2 is 2.20 bits per heavy atom. The lowest BCUT2D eigenvalue weighted by Crippen LogP contribution is -2.08. The minimum atomic E-state index is 0.602. The fourth-order valence-electron chi connectivity index (χ4n) is 2.27. The van der Waals surface area contributed by atoms with E-state index < -0.39 is 0 Å². The van der Waals surface area contributed by atoms with Gasteiger partial charge in [-0.3, -0.25) is 9.97 Å². The smallest absolute Gasteiger partial charge is 0.0350 e. The maximum Gasteiger partial charge on any atom is 0.0350 e. The lowest BCUT2D eigenvalue weighted by molar-refractivity contribution is 0.765. The highest BCUT2D eigenvalue weighted by molar-refractivity contribution is 5.84. The zero-order valence-electron chi connectivity index (χ0n) is 8.48. The van der Waals surface area contributed by atoms with Crippen molar-refractivity contribution < 1.29 is 0 Å². The summed E-state index contributed by atoms with van der Waals surface area (Å²) in [5.74, 6) is 0.602. The number of rotatable bonds is 1. The SMILES string of the molecule is c1cc2cncc(C3CCNC3)c2cn1. The van der Waals surface area contributed by atoms with Gasteiger partial charge in [0.2, 0.25) is 0 Å². The van der Waals surface area contributed by atoms with Gasteiger partial charge in [-0.25, -0.2) is 0 Å². The van der Waals surface area contributed by atoms with E-state index in [1.807, 2.05) is 30.9 Å². The van der Waals surface area contributed by atoms with Crippen molar-refractivity contribution in [3.8, 4) is 0 Å². The fraction of sp³-hybridized carbons (Fsp3) is 0.333. The molecular weight excluding hydrogens is 186 g/mol. The third kappa shape index (κ3) is 1.49. The highest BCUT2D eigenvalue weighted by Crippen LogP contribution is 2.27. The average Bonchev–Trinajstić information content (AvgIpc) is 2.82. The topological polar surface area (TPSA) is 37.8 Å². The van der Waals surface area contributed by atoms with Gasteiger partial charge in [-0.1, -0.05) is 0 Å². The average molecular weight is 199 g/mol. The number of fused-ring (bicyclic) bond motifs is 1. The highest BCUT2D eigenvalue weighted by Gasteiger charge is 2.18. The van der Waals surface area contributed by atoms with Gasteiger partial charge < -0.3 is 5.32 Å². The van der Waals surface area contributed by atoms with Crippen LogP contribution in [0, 0.1) is 0 Å². The molecule has 1 aliphatic rings. The van der Waals surface area contributed by atoms with Gasteiger partial charge in [-0.15, -0.1) is 0 Å². The molecule has 2 aromatic rings. The minimum Gasteiger partial charge on any atom is -0.316 e. The Hall–Kier alpha value is -1.48. The van der Waals surface area contributed by atoms with Crippen LogP contribution in [-0.4, -0.2) is 23.1 Å². The molecule has 0 radical (unpaired) electrons. The summed E-state index contributed by atoms with van der Waals surface area (Å²) in [6.07, 6.45) is 8.87. The predicted molar refractivity (Wildman–Crippen MR) is 59.8 cm³/mol. The first-order valence-electron chi connectivity index (χ1n) is 5.33. The van der Waals surface area contributed by atoms with E-state index in [1.54, 1.807) is 0 Å². The van der Waals surface area contributed by atoms with Gasteiger partial charge in [0.15, 0.2) is 0 Å². The van der Waals surface area contributed by atoms with Crippen LogP contribution >= 0.6 is 0 Å². The van der Waals surface area contributed by atoms with Gasteiger partial charge in [0, 0.05) is 42.1 Å². The van der Waals surface area contributed by atoms with Gasteiger partial charge >= 0.3 is 0 Å². The second kappa shape index (κ2) is 3.59. The van der Waals surface area contributed by atoms with Crippen LogP contribution < -0.4 is 5.32 Å². The van der Waals surface area contributed by atoms with Crippen LogP contribution in [0.5, 0.6) is 0 Å². The summed E-state index contributed by atoms with van der Waals surface area (Å²) in [5, 5.41) is 5.83. The number of aromatic nitrogens is 2. The standard InChI is InChI=1S/C12H13N3/c1-3-13-5-9(1)12-8-15-6-10-2-4-14-7-11(10)12/h2,4,6-9,13H,1,3,5H2. The zero-order chi connectivity index (χ0) is 10.1. The van der Waals surface area contributed by atoms with Crippen LogP contribution in [0.2, 0.25) is 0 Å². The molecule has 0 spiro atoms. The molecule has 0 aliphatic carbocycles. The molecule has 0 bridgehead atoms. The molecule has 2 aromatic heterocycles. The quantitative estimate of drug-likeness (QED) is 0.759. The summed E-state index contributed by atoms with van der Waals surface area (Å²) in [6, 6.07) is 2.02. The van der Waals surface area contributed by atoms with Gasteiger partial charge in [0.1, 0.15) is 0 Å². The number of pyridine rings is 2. The zero-order valence-corrected chi connectivity index (χ0v) is 8.48. The third-order valence-electron chi connectivity index (χ3n) is 3.09. The molecule has 1 saturated heterocycles. The van der Waals surface area contributed by atoms with Crippen molar-refractivity contribution in [1.82, 2.24) is 15.3 Å². The van der Waals surface area contributed by atoms with Crippen LogP contribution in [0.4, 0.5) is 0 Å². The van der Waals surface area contributed by atoms with E-state index in [-0.39, 0.29) is 0 Å². The number of nitrogens with zero attached hydrogens (tertiary/aromatic N) is 2. The summed E-state index contributed by atoms with van der Waals surface area (Å²) < 4.78 is 0. The Labute approximate surface area is 88.6 Å². The number of nitrogens with one attached hydrogen (secondary N) is 1. The van der Waals surface area contributed by atoms with E-state index in [1.165, 1.54) is 22.8 Å². The minimum absolute atomic E-state index is 0.602. The second-order valence-corrected chi connectivity index (χ2v) is 4.02. The van der Waals surface area contributed by atoms with E-state index >= 15 is 0 Å². The largest absolute Gasteiger partial charge is 0.316 e. The van der Waals surface area contributed by atoms with Crippen molar-refractivity contribution in [1.29, 1.82) is 0 Å². The van der Waals surface area contributed by atoms with Gasteiger partial charge in [-0.2, -0.15) is 0 Å². The second-order valence-electron chi connectivity index (χ2n) is 4.02. The van der Waals surface area contributed by atoms with Gasteiger partial charge in [0.05, 0.1) is 0 Å². The van der Waals surface area contributed by atoms with E-state index in [0.717, 1.165) is 13.1 Å². The normalized spacial score (nSPS) is 20.9. The summed E-state index contributed by atoms with van der Waals surface area (Å²) in [4.78, 5) is 8.50. The van der Waals surface area contributed by atoms with Crippen LogP contribution in [0.3, 0.4) is 0 Å². The molecule has 3 heterocycles. The van der Waals surface area contributed by atoms with Crippen molar-refractivity contribution in [3.63, 3.8) is 0 Å². The highest BCUT2D eigenvalue weighted by atomic mass is 14.9. The fourth-order valence-corrected chi connectivity index (χ4v) is 2.27. The van der Waals surface area contributed by atoms with Crippen molar-refractivity contribution >= 4 is 10.8 Å². The Kier molecular flexibility index (Phi) is 2.10. The number of hydrogen-bond acceptors (Lipinski definition) is 3. The first-order chi connectivity index (χ1) is 7.45. The number of hydrogen-bond donors (Lipinski definition) is 1. The van der Waals surface area contributed by atoms with Crippen LogP contribution in [-0.2, 0) is 0 Å². The Balaban J connectivity index is 2.16. The molecule has 3 heteroatoms. The molecule has 0 aromatic carbocycles. The van der Waals surface area contributed by atoms with E-state index in [9.17, 15) is 0 Å². The first kappa shape index (κ1) is 8.80. The molecule has 76 valence electrons. The van der Waals surface area contributed by atoms with E-state index in [4.69, 9.17) is 0 Å². The van der Waals surface area contributed by atoms with Crippen molar-refractivity contribution in [2.75, 3.05) is 13.1 Å². The Morgan fingerprint density at radius 3 is 3.07 bits per heavy atom. The maximum atomic E-state index is 4.30. The van der Waals surface area contributed by atoms with Crippen molar-refractivity contribution in [2.45, 2.75) is 12.3 Å². The molecule has 1 N–H and O–H groups in total. The van der Waals surface area contributed by atoms with Gasteiger partial charge in [-0.05, 0) is 30.5 Å². The molecule has 1 unspecified atom stereocenters. The van der Waals surface area contributed by atoms with E-state index in [0.29, 0.717) is 5.92 Å². The molecule has 15 heavy (non-hydrogen) atoms.